The lowest BCUT2D eigenvalue weighted by Gasteiger charge is -2.12. The second-order valence-corrected chi connectivity index (χ2v) is 5.80. The highest BCUT2D eigenvalue weighted by atomic mass is 35.5. The zero-order valence-corrected chi connectivity index (χ0v) is 11.7. The number of hydrogen-bond acceptors (Lipinski definition) is 2. The topological polar surface area (TPSA) is 37.3 Å². The van der Waals surface area contributed by atoms with E-state index >= 15 is 0 Å². The number of carboxylic acids is 1. The maximum Gasteiger partial charge on any atom is 0.317 e. The van der Waals surface area contributed by atoms with Crippen LogP contribution in [0.5, 0.6) is 0 Å². The third-order valence-electron chi connectivity index (χ3n) is 2.61. The van der Waals surface area contributed by atoms with Gasteiger partial charge in [-0.15, -0.1) is 11.8 Å². The Morgan fingerprint density at radius 3 is 2.53 bits per heavy atom. The minimum absolute atomic E-state index is 0.454. The lowest BCUT2D eigenvalue weighted by Crippen LogP contribution is -2.19. The van der Waals surface area contributed by atoms with Crippen LogP contribution in [0.2, 0.25) is 5.02 Å². The number of carboxylic acid groups (broad SMARTS) is 1. The smallest absolute Gasteiger partial charge is 0.317 e. The molecule has 0 saturated heterocycles. The van der Waals surface area contributed by atoms with Crippen molar-refractivity contribution in [3.8, 4) is 0 Å². The van der Waals surface area contributed by atoms with E-state index < -0.39 is 11.2 Å². The van der Waals surface area contributed by atoms with E-state index in [4.69, 9.17) is 11.6 Å². The first-order chi connectivity index (χ1) is 9.15. The fourth-order valence-corrected chi connectivity index (χ4v) is 2.95. The molecule has 0 fully saturated rings. The predicted molar refractivity (Wildman–Crippen MR) is 78.9 cm³/mol. The summed E-state index contributed by atoms with van der Waals surface area (Å²) in [5, 5.41) is 9.43. The molecule has 0 unspecified atom stereocenters. The maximum absolute atomic E-state index is 11.3. The van der Waals surface area contributed by atoms with Crippen LogP contribution in [-0.2, 0) is 11.2 Å². The van der Waals surface area contributed by atoms with Crippen molar-refractivity contribution in [1.82, 2.24) is 0 Å². The van der Waals surface area contributed by atoms with E-state index in [1.54, 1.807) is 6.07 Å². The van der Waals surface area contributed by atoms with Gasteiger partial charge in [0, 0.05) is 9.92 Å². The molecular weight excluding hydrogens is 280 g/mol. The zero-order chi connectivity index (χ0) is 13.7. The molecule has 0 aliphatic rings. The molecule has 0 amide bonds. The van der Waals surface area contributed by atoms with E-state index in [0.29, 0.717) is 11.4 Å². The van der Waals surface area contributed by atoms with E-state index in [-0.39, 0.29) is 0 Å². The van der Waals surface area contributed by atoms with Crippen LogP contribution in [-0.4, -0.2) is 16.3 Å². The Hall–Kier alpha value is -1.45. The second-order valence-electron chi connectivity index (χ2n) is 4.09. The van der Waals surface area contributed by atoms with Crippen LogP contribution in [0, 0.1) is 0 Å². The predicted octanol–water partition coefficient (Wildman–Crippen LogP) is 4.13. The summed E-state index contributed by atoms with van der Waals surface area (Å²) in [5.41, 5.74) is 0.934. The summed E-state index contributed by atoms with van der Waals surface area (Å²) in [5.74, 6) is -0.811. The van der Waals surface area contributed by atoms with Gasteiger partial charge in [0.05, 0.1) is 0 Å². The van der Waals surface area contributed by atoms with Crippen molar-refractivity contribution in [3.05, 3.63) is 65.2 Å². The molecule has 2 aromatic rings. The first kappa shape index (κ1) is 14.0. The van der Waals surface area contributed by atoms with E-state index in [9.17, 15) is 9.90 Å². The van der Waals surface area contributed by atoms with Crippen molar-refractivity contribution in [3.63, 3.8) is 0 Å². The van der Waals surface area contributed by atoms with Crippen LogP contribution in [0.4, 0.5) is 0 Å². The molecule has 0 aromatic heterocycles. The van der Waals surface area contributed by atoms with Crippen LogP contribution >= 0.6 is 23.4 Å². The molecule has 19 heavy (non-hydrogen) atoms. The third-order valence-corrected chi connectivity index (χ3v) is 4.04. The van der Waals surface area contributed by atoms with Crippen molar-refractivity contribution >= 4 is 29.3 Å². The molecule has 0 aliphatic heterocycles. The SMILES string of the molecule is O=C(O)[C@@H](Cc1cccc(Cl)c1)Sc1ccccc1. The number of carbonyl (C=O) groups is 1. The average molecular weight is 293 g/mol. The second kappa shape index (κ2) is 6.64. The van der Waals surface area contributed by atoms with Gasteiger partial charge in [0.15, 0.2) is 0 Å². The van der Waals surface area contributed by atoms with Gasteiger partial charge in [-0.25, -0.2) is 0 Å². The molecule has 0 heterocycles. The van der Waals surface area contributed by atoms with Gasteiger partial charge in [-0.2, -0.15) is 0 Å². The van der Waals surface area contributed by atoms with Gasteiger partial charge in [-0.1, -0.05) is 41.9 Å². The Morgan fingerprint density at radius 2 is 1.89 bits per heavy atom. The van der Waals surface area contributed by atoms with Crippen molar-refractivity contribution in [2.45, 2.75) is 16.6 Å². The summed E-state index contributed by atoms with van der Waals surface area (Å²) in [7, 11) is 0. The molecule has 0 aliphatic carbocycles. The summed E-state index contributed by atoms with van der Waals surface area (Å²) in [6, 6.07) is 16.9. The Bertz CT molecular complexity index is 557. The van der Waals surface area contributed by atoms with Crippen LogP contribution in [0.1, 0.15) is 5.56 Å². The van der Waals surface area contributed by atoms with Gasteiger partial charge in [0.25, 0.3) is 0 Å². The van der Waals surface area contributed by atoms with Crippen molar-refractivity contribution < 1.29 is 9.90 Å². The number of rotatable bonds is 5. The minimum Gasteiger partial charge on any atom is -0.480 e. The van der Waals surface area contributed by atoms with Crippen LogP contribution in [0.25, 0.3) is 0 Å². The Morgan fingerprint density at radius 1 is 1.16 bits per heavy atom. The molecule has 0 radical (unpaired) electrons. The third kappa shape index (κ3) is 4.30. The summed E-state index contributed by atoms with van der Waals surface area (Å²) in [4.78, 5) is 12.3. The molecule has 2 nitrogen and oxygen atoms in total. The number of halogens is 1. The highest BCUT2D eigenvalue weighted by Crippen LogP contribution is 2.26. The van der Waals surface area contributed by atoms with E-state index in [1.807, 2.05) is 48.5 Å². The maximum atomic E-state index is 11.3. The Kier molecular flexibility index (Phi) is 4.88. The first-order valence-electron chi connectivity index (χ1n) is 5.84. The van der Waals surface area contributed by atoms with E-state index in [1.165, 1.54) is 11.8 Å². The van der Waals surface area contributed by atoms with Gasteiger partial charge in [0.1, 0.15) is 5.25 Å². The van der Waals surface area contributed by atoms with Gasteiger partial charge in [-0.3, -0.25) is 4.79 Å². The summed E-state index contributed by atoms with van der Waals surface area (Å²) >= 11 is 7.27. The monoisotopic (exact) mass is 292 g/mol. The Balaban J connectivity index is 2.11. The van der Waals surface area contributed by atoms with Crippen LogP contribution in [0.15, 0.2) is 59.5 Å². The summed E-state index contributed by atoms with van der Waals surface area (Å²) in [6.07, 6.45) is 0.454. The first-order valence-corrected chi connectivity index (χ1v) is 7.10. The molecule has 98 valence electrons. The molecule has 1 atom stereocenters. The largest absolute Gasteiger partial charge is 0.480 e. The summed E-state index contributed by atoms with van der Waals surface area (Å²) < 4.78 is 0. The molecular formula is C15H13ClO2S. The highest BCUT2D eigenvalue weighted by molar-refractivity contribution is 8.00. The zero-order valence-electron chi connectivity index (χ0n) is 10.1. The van der Waals surface area contributed by atoms with Gasteiger partial charge in [-0.05, 0) is 36.2 Å². The molecule has 4 heteroatoms. The van der Waals surface area contributed by atoms with Crippen molar-refractivity contribution in [1.29, 1.82) is 0 Å². The number of hydrogen-bond donors (Lipinski definition) is 1. The lowest BCUT2D eigenvalue weighted by molar-refractivity contribution is -0.136. The fraction of sp³-hybridized carbons (Fsp3) is 0.133. The van der Waals surface area contributed by atoms with Crippen LogP contribution in [0.3, 0.4) is 0 Å². The number of thioether (sulfide) groups is 1. The highest BCUT2D eigenvalue weighted by Gasteiger charge is 2.19. The normalized spacial score (nSPS) is 12.1. The molecule has 0 spiro atoms. The van der Waals surface area contributed by atoms with E-state index in [0.717, 1.165) is 10.5 Å². The standard InChI is InChI=1S/C15H13ClO2S/c16-12-6-4-5-11(9-12)10-14(15(17)18)19-13-7-2-1-3-8-13/h1-9,14H,10H2,(H,17,18)/t14-/m1/s1. The quantitative estimate of drug-likeness (QED) is 0.842. The van der Waals surface area contributed by atoms with Gasteiger partial charge in [0.2, 0.25) is 0 Å². The van der Waals surface area contributed by atoms with Gasteiger partial charge < -0.3 is 5.11 Å². The van der Waals surface area contributed by atoms with Crippen molar-refractivity contribution in [2.24, 2.45) is 0 Å². The van der Waals surface area contributed by atoms with Crippen molar-refractivity contribution in [2.75, 3.05) is 0 Å². The molecule has 2 aromatic carbocycles. The number of benzene rings is 2. The number of aliphatic carboxylic acids is 1. The molecule has 1 N–H and O–H groups in total. The Labute approximate surface area is 121 Å². The van der Waals surface area contributed by atoms with Crippen LogP contribution < -0.4 is 0 Å². The molecule has 0 bridgehead atoms. The molecule has 0 saturated carbocycles. The molecule has 2 rings (SSSR count). The lowest BCUT2D eigenvalue weighted by atomic mass is 10.1. The summed E-state index contributed by atoms with van der Waals surface area (Å²) in [6.45, 7) is 0. The average Bonchev–Trinajstić information content (AvgIpc) is 2.39. The van der Waals surface area contributed by atoms with Gasteiger partial charge >= 0.3 is 5.97 Å². The minimum atomic E-state index is -0.811. The van der Waals surface area contributed by atoms with E-state index in [2.05, 4.69) is 0 Å². The fourth-order valence-electron chi connectivity index (χ4n) is 1.72.